The van der Waals surface area contributed by atoms with Crippen molar-refractivity contribution in [3.63, 3.8) is 0 Å². The zero-order valence-electron chi connectivity index (χ0n) is 10.5. The highest BCUT2D eigenvalue weighted by molar-refractivity contribution is 6.19. The molecule has 1 aliphatic rings. The number of allylic oxidation sites excluding steroid dienone is 3. The summed E-state index contributed by atoms with van der Waals surface area (Å²) in [6.07, 6.45) is 7.62. The summed E-state index contributed by atoms with van der Waals surface area (Å²) in [5.41, 5.74) is -1.25. The van der Waals surface area contributed by atoms with Crippen LogP contribution in [0.3, 0.4) is 0 Å². The first-order valence-electron chi connectivity index (χ1n) is 5.99. The van der Waals surface area contributed by atoms with Gasteiger partial charge in [0.15, 0.2) is 0 Å². The first kappa shape index (κ1) is 14.2. The predicted molar refractivity (Wildman–Crippen MR) is 67.6 cm³/mol. The van der Waals surface area contributed by atoms with Crippen LogP contribution in [-0.4, -0.2) is 17.8 Å². The minimum atomic E-state index is -1.25. The zero-order chi connectivity index (χ0) is 13.6. The summed E-state index contributed by atoms with van der Waals surface area (Å²) in [5, 5.41) is 4.27. The van der Waals surface area contributed by atoms with Crippen molar-refractivity contribution in [2.24, 2.45) is 5.41 Å². The van der Waals surface area contributed by atoms with Gasteiger partial charge in [0.05, 0.1) is 0 Å². The number of urea groups is 1. The lowest BCUT2D eigenvalue weighted by atomic mass is 9.78. The van der Waals surface area contributed by atoms with Gasteiger partial charge >= 0.3 is 6.03 Å². The molecule has 0 unspecified atom stereocenters. The van der Waals surface area contributed by atoms with Gasteiger partial charge in [0.1, 0.15) is 5.41 Å². The van der Waals surface area contributed by atoms with Gasteiger partial charge < -0.3 is 0 Å². The first-order valence-corrected chi connectivity index (χ1v) is 5.99. The molecule has 0 spiro atoms. The van der Waals surface area contributed by atoms with Crippen molar-refractivity contribution >= 4 is 17.8 Å². The van der Waals surface area contributed by atoms with E-state index < -0.39 is 23.3 Å². The molecule has 0 aromatic heterocycles. The lowest BCUT2D eigenvalue weighted by Gasteiger charge is -2.32. The Labute approximate surface area is 106 Å². The second-order valence-corrected chi connectivity index (χ2v) is 4.28. The van der Waals surface area contributed by atoms with Crippen molar-refractivity contribution in [2.45, 2.75) is 32.6 Å². The number of hydrogen-bond donors (Lipinski definition) is 2. The van der Waals surface area contributed by atoms with E-state index in [0.29, 0.717) is 0 Å². The maximum absolute atomic E-state index is 11.9. The number of unbranched alkanes of at least 4 members (excludes halogenated alkanes) is 1. The summed E-state index contributed by atoms with van der Waals surface area (Å²) >= 11 is 0. The normalized spacial score (nSPS) is 18.6. The molecule has 0 aromatic carbocycles. The molecule has 5 heteroatoms. The molecule has 1 rings (SSSR count). The second-order valence-electron chi connectivity index (χ2n) is 4.28. The van der Waals surface area contributed by atoms with Crippen LogP contribution in [0, 0.1) is 5.41 Å². The van der Waals surface area contributed by atoms with Gasteiger partial charge in [0.25, 0.3) is 0 Å². The molecular formula is C13H18N2O3. The number of hydrogen-bond acceptors (Lipinski definition) is 3. The van der Waals surface area contributed by atoms with Gasteiger partial charge in [0, 0.05) is 0 Å². The van der Waals surface area contributed by atoms with E-state index in [2.05, 4.69) is 17.2 Å². The van der Waals surface area contributed by atoms with Gasteiger partial charge in [-0.1, -0.05) is 31.6 Å². The highest BCUT2D eigenvalue weighted by Gasteiger charge is 2.48. The molecule has 0 atom stereocenters. The number of imide groups is 2. The van der Waals surface area contributed by atoms with E-state index in [-0.39, 0.29) is 12.8 Å². The van der Waals surface area contributed by atoms with Crippen LogP contribution in [-0.2, 0) is 9.59 Å². The fourth-order valence-corrected chi connectivity index (χ4v) is 1.85. The Kier molecular flexibility index (Phi) is 4.83. The molecule has 0 saturated carbocycles. The van der Waals surface area contributed by atoms with E-state index >= 15 is 0 Å². The average molecular weight is 250 g/mol. The van der Waals surface area contributed by atoms with Gasteiger partial charge in [0.2, 0.25) is 11.8 Å². The summed E-state index contributed by atoms with van der Waals surface area (Å²) in [5.74, 6) is -1.12. The SMILES string of the molecule is C=CCC1(C/C=C/CCC)C(=O)NC(=O)NC1=O. The average Bonchev–Trinajstić information content (AvgIpc) is 2.31. The van der Waals surface area contributed by atoms with Gasteiger partial charge in [-0.2, -0.15) is 0 Å². The van der Waals surface area contributed by atoms with Crippen molar-refractivity contribution in [3.05, 3.63) is 24.8 Å². The van der Waals surface area contributed by atoms with Gasteiger partial charge in [-0.3, -0.25) is 20.2 Å². The smallest absolute Gasteiger partial charge is 0.277 e. The molecule has 98 valence electrons. The number of nitrogens with one attached hydrogen (secondary N) is 2. The Bertz CT molecular complexity index is 379. The molecule has 0 radical (unpaired) electrons. The minimum absolute atomic E-state index is 0.203. The van der Waals surface area contributed by atoms with Crippen molar-refractivity contribution in [1.82, 2.24) is 10.6 Å². The standard InChI is InChI=1S/C13H18N2O3/c1-3-5-6-7-9-13(8-4-2)10(16)14-12(18)15-11(13)17/h4,6-7H,2-3,5,8-9H2,1H3,(H2,14,15,16,17,18)/b7-6+. The number of barbiturate groups is 1. The van der Waals surface area contributed by atoms with E-state index in [1.807, 2.05) is 19.1 Å². The fourth-order valence-electron chi connectivity index (χ4n) is 1.85. The number of carbonyl (C=O) groups excluding carboxylic acids is 3. The van der Waals surface area contributed by atoms with E-state index in [0.717, 1.165) is 12.8 Å². The molecule has 2 N–H and O–H groups in total. The Morgan fingerprint density at radius 1 is 1.11 bits per heavy atom. The lowest BCUT2D eigenvalue weighted by molar-refractivity contribution is -0.144. The molecule has 0 bridgehead atoms. The first-order chi connectivity index (χ1) is 8.56. The van der Waals surface area contributed by atoms with E-state index in [4.69, 9.17) is 0 Å². The molecule has 4 amide bonds. The largest absolute Gasteiger partial charge is 0.328 e. The van der Waals surface area contributed by atoms with Gasteiger partial charge in [-0.05, 0) is 19.3 Å². The molecule has 1 fully saturated rings. The summed E-state index contributed by atoms with van der Waals surface area (Å²) in [4.78, 5) is 34.9. The van der Waals surface area contributed by atoms with Crippen LogP contribution in [0.15, 0.2) is 24.8 Å². The highest BCUT2D eigenvalue weighted by atomic mass is 16.2. The van der Waals surface area contributed by atoms with E-state index in [9.17, 15) is 14.4 Å². The van der Waals surface area contributed by atoms with Gasteiger partial charge in [-0.15, -0.1) is 6.58 Å². The van der Waals surface area contributed by atoms with Crippen LogP contribution in [0.4, 0.5) is 4.79 Å². The minimum Gasteiger partial charge on any atom is -0.277 e. The van der Waals surface area contributed by atoms with Crippen molar-refractivity contribution < 1.29 is 14.4 Å². The van der Waals surface area contributed by atoms with Gasteiger partial charge in [-0.25, -0.2) is 4.79 Å². The third-order valence-electron chi connectivity index (χ3n) is 2.90. The zero-order valence-corrected chi connectivity index (χ0v) is 10.5. The fraction of sp³-hybridized carbons (Fsp3) is 0.462. The molecule has 1 saturated heterocycles. The van der Waals surface area contributed by atoms with Crippen LogP contribution in [0.2, 0.25) is 0 Å². The summed E-state index contributed by atoms with van der Waals surface area (Å²) < 4.78 is 0. The lowest BCUT2D eigenvalue weighted by Crippen LogP contribution is -2.62. The van der Waals surface area contributed by atoms with Crippen LogP contribution in [0.1, 0.15) is 32.6 Å². The molecular weight excluding hydrogens is 232 g/mol. The van der Waals surface area contributed by atoms with Crippen molar-refractivity contribution in [3.8, 4) is 0 Å². The van der Waals surface area contributed by atoms with Crippen LogP contribution >= 0.6 is 0 Å². The number of rotatable bonds is 6. The van der Waals surface area contributed by atoms with Crippen molar-refractivity contribution in [2.75, 3.05) is 0 Å². The third-order valence-corrected chi connectivity index (χ3v) is 2.90. The molecule has 5 nitrogen and oxygen atoms in total. The third kappa shape index (κ3) is 2.85. The summed E-state index contributed by atoms with van der Waals surface area (Å²) in [7, 11) is 0. The van der Waals surface area contributed by atoms with Crippen LogP contribution < -0.4 is 10.6 Å². The van der Waals surface area contributed by atoms with Crippen molar-refractivity contribution in [1.29, 1.82) is 0 Å². The maximum atomic E-state index is 11.9. The van der Waals surface area contributed by atoms with Crippen LogP contribution in [0.25, 0.3) is 0 Å². The molecule has 1 aliphatic heterocycles. The quantitative estimate of drug-likeness (QED) is 0.556. The summed E-state index contributed by atoms with van der Waals surface area (Å²) in [6, 6.07) is -0.762. The van der Waals surface area contributed by atoms with E-state index in [1.165, 1.54) is 6.08 Å². The molecule has 0 aliphatic carbocycles. The predicted octanol–water partition coefficient (Wildman–Crippen LogP) is 1.66. The van der Waals surface area contributed by atoms with Crippen LogP contribution in [0.5, 0.6) is 0 Å². The second kappa shape index (κ2) is 6.14. The molecule has 18 heavy (non-hydrogen) atoms. The van der Waals surface area contributed by atoms with E-state index in [1.54, 1.807) is 0 Å². The Hall–Kier alpha value is -1.91. The molecule has 1 heterocycles. The molecule has 0 aromatic rings. The summed E-state index contributed by atoms with van der Waals surface area (Å²) in [6.45, 7) is 5.61. The Morgan fingerprint density at radius 3 is 2.22 bits per heavy atom. The maximum Gasteiger partial charge on any atom is 0.328 e. The Balaban J connectivity index is 2.90. The number of amides is 4. The highest BCUT2D eigenvalue weighted by Crippen LogP contribution is 2.30. The monoisotopic (exact) mass is 250 g/mol. The Morgan fingerprint density at radius 2 is 1.72 bits per heavy atom. The topological polar surface area (TPSA) is 75.3 Å². The number of carbonyl (C=O) groups is 3.